The standard InChI is InChI=1S/C12H17N3/c1-4-15(9-11(3)7-13)12-6-5-10(2)8-14-12/h5-6,8,11H,4,9H2,1-3H3. The van der Waals surface area contributed by atoms with E-state index in [1.165, 1.54) is 0 Å². The molecule has 0 amide bonds. The van der Waals surface area contributed by atoms with Crippen LogP contribution in [0, 0.1) is 24.2 Å². The van der Waals surface area contributed by atoms with Crippen LogP contribution in [0.2, 0.25) is 0 Å². The Kier molecular flexibility index (Phi) is 4.11. The van der Waals surface area contributed by atoms with Crippen molar-refractivity contribution in [2.24, 2.45) is 5.92 Å². The summed E-state index contributed by atoms with van der Waals surface area (Å²) in [7, 11) is 0. The van der Waals surface area contributed by atoms with Crippen molar-refractivity contribution < 1.29 is 0 Å². The highest BCUT2D eigenvalue weighted by Crippen LogP contribution is 2.12. The molecule has 3 nitrogen and oxygen atoms in total. The molecule has 1 unspecified atom stereocenters. The van der Waals surface area contributed by atoms with E-state index < -0.39 is 0 Å². The Balaban J connectivity index is 2.75. The monoisotopic (exact) mass is 203 g/mol. The number of nitrogens with zero attached hydrogens (tertiary/aromatic N) is 3. The predicted molar refractivity (Wildman–Crippen MR) is 61.6 cm³/mol. The predicted octanol–water partition coefficient (Wildman–Crippen LogP) is 2.38. The summed E-state index contributed by atoms with van der Waals surface area (Å²) < 4.78 is 0. The molecule has 0 saturated carbocycles. The third-order valence-electron chi connectivity index (χ3n) is 2.32. The lowest BCUT2D eigenvalue weighted by molar-refractivity contribution is 0.679. The molecule has 0 radical (unpaired) electrons. The molecule has 1 aromatic rings. The average molecular weight is 203 g/mol. The highest BCUT2D eigenvalue weighted by atomic mass is 15.2. The van der Waals surface area contributed by atoms with Crippen molar-refractivity contribution >= 4 is 5.82 Å². The van der Waals surface area contributed by atoms with Crippen LogP contribution in [-0.2, 0) is 0 Å². The fraction of sp³-hybridized carbons (Fsp3) is 0.500. The van der Waals surface area contributed by atoms with Gasteiger partial charge in [-0.1, -0.05) is 6.07 Å². The highest BCUT2D eigenvalue weighted by Gasteiger charge is 2.09. The molecule has 0 aliphatic carbocycles. The molecule has 0 N–H and O–H groups in total. The Morgan fingerprint density at radius 1 is 1.53 bits per heavy atom. The third-order valence-corrected chi connectivity index (χ3v) is 2.32. The molecule has 1 atom stereocenters. The smallest absolute Gasteiger partial charge is 0.128 e. The summed E-state index contributed by atoms with van der Waals surface area (Å²) in [6.45, 7) is 7.64. The molecule has 0 saturated heterocycles. The Labute approximate surface area is 91.4 Å². The van der Waals surface area contributed by atoms with E-state index in [1.807, 2.05) is 32.2 Å². The highest BCUT2D eigenvalue weighted by molar-refractivity contribution is 5.39. The fourth-order valence-electron chi connectivity index (χ4n) is 1.40. The van der Waals surface area contributed by atoms with E-state index in [0.29, 0.717) is 0 Å². The summed E-state index contributed by atoms with van der Waals surface area (Å²) in [6, 6.07) is 6.29. The zero-order chi connectivity index (χ0) is 11.3. The van der Waals surface area contributed by atoms with Gasteiger partial charge in [0.15, 0.2) is 0 Å². The van der Waals surface area contributed by atoms with Crippen LogP contribution in [-0.4, -0.2) is 18.1 Å². The van der Waals surface area contributed by atoms with Crippen molar-refractivity contribution in [2.75, 3.05) is 18.0 Å². The molecule has 3 heteroatoms. The molecule has 0 bridgehead atoms. The Hall–Kier alpha value is -1.56. The van der Waals surface area contributed by atoms with Gasteiger partial charge in [0, 0.05) is 19.3 Å². The van der Waals surface area contributed by atoms with E-state index in [-0.39, 0.29) is 5.92 Å². The van der Waals surface area contributed by atoms with Crippen molar-refractivity contribution in [1.82, 2.24) is 4.98 Å². The zero-order valence-electron chi connectivity index (χ0n) is 9.57. The maximum Gasteiger partial charge on any atom is 0.128 e. The number of anilines is 1. The van der Waals surface area contributed by atoms with Gasteiger partial charge < -0.3 is 4.90 Å². The molecule has 0 aromatic carbocycles. The van der Waals surface area contributed by atoms with Crippen molar-refractivity contribution in [3.63, 3.8) is 0 Å². The Bertz CT molecular complexity index is 337. The molecule has 0 spiro atoms. The fourth-order valence-corrected chi connectivity index (χ4v) is 1.40. The van der Waals surface area contributed by atoms with Gasteiger partial charge in [0.1, 0.15) is 5.82 Å². The van der Waals surface area contributed by atoms with E-state index in [4.69, 9.17) is 5.26 Å². The summed E-state index contributed by atoms with van der Waals surface area (Å²) in [5.74, 6) is 0.984. The van der Waals surface area contributed by atoms with Gasteiger partial charge >= 0.3 is 0 Å². The molecule has 80 valence electrons. The Morgan fingerprint density at radius 2 is 2.27 bits per heavy atom. The van der Waals surface area contributed by atoms with Gasteiger partial charge in [-0.25, -0.2) is 4.98 Å². The second kappa shape index (κ2) is 5.35. The van der Waals surface area contributed by atoms with Crippen LogP contribution in [0.15, 0.2) is 18.3 Å². The lowest BCUT2D eigenvalue weighted by Gasteiger charge is -2.22. The molecular weight excluding hydrogens is 186 g/mol. The zero-order valence-corrected chi connectivity index (χ0v) is 9.57. The van der Waals surface area contributed by atoms with Gasteiger partial charge in [0.2, 0.25) is 0 Å². The molecule has 1 aromatic heterocycles. The first-order valence-electron chi connectivity index (χ1n) is 5.24. The minimum absolute atomic E-state index is 0.0352. The summed E-state index contributed by atoms with van der Waals surface area (Å²) in [5, 5.41) is 8.77. The van der Waals surface area contributed by atoms with Crippen molar-refractivity contribution in [1.29, 1.82) is 5.26 Å². The van der Waals surface area contributed by atoms with Crippen LogP contribution in [0.5, 0.6) is 0 Å². The second-order valence-corrected chi connectivity index (χ2v) is 3.76. The molecule has 15 heavy (non-hydrogen) atoms. The quantitative estimate of drug-likeness (QED) is 0.754. The van der Waals surface area contributed by atoms with E-state index in [2.05, 4.69) is 22.9 Å². The first-order chi connectivity index (χ1) is 7.17. The maximum atomic E-state index is 8.77. The van der Waals surface area contributed by atoms with E-state index in [1.54, 1.807) is 0 Å². The van der Waals surface area contributed by atoms with E-state index in [0.717, 1.165) is 24.5 Å². The number of aryl methyl sites for hydroxylation is 1. The van der Waals surface area contributed by atoms with Gasteiger partial charge in [-0.2, -0.15) is 5.26 Å². The molecular formula is C12H17N3. The largest absolute Gasteiger partial charge is 0.356 e. The lowest BCUT2D eigenvalue weighted by atomic mass is 10.2. The first-order valence-corrected chi connectivity index (χ1v) is 5.24. The summed E-state index contributed by atoms with van der Waals surface area (Å²) in [4.78, 5) is 6.47. The average Bonchev–Trinajstić information content (AvgIpc) is 2.27. The molecule has 1 heterocycles. The first kappa shape index (κ1) is 11.5. The van der Waals surface area contributed by atoms with E-state index >= 15 is 0 Å². The van der Waals surface area contributed by atoms with Crippen LogP contribution >= 0.6 is 0 Å². The lowest BCUT2D eigenvalue weighted by Crippen LogP contribution is -2.28. The maximum absolute atomic E-state index is 8.77. The molecule has 1 rings (SSSR count). The number of pyridine rings is 1. The topological polar surface area (TPSA) is 39.9 Å². The van der Waals surface area contributed by atoms with Crippen molar-refractivity contribution in [3.05, 3.63) is 23.9 Å². The van der Waals surface area contributed by atoms with Crippen LogP contribution in [0.3, 0.4) is 0 Å². The van der Waals surface area contributed by atoms with Gasteiger partial charge in [-0.05, 0) is 32.4 Å². The minimum atomic E-state index is 0.0352. The second-order valence-electron chi connectivity index (χ2n) is 3.76. The number of hydrogen-bond donors (Lipinski definition) is 0. The molecule has 0 aliphatic heterocycles. The molecule has 0 aliphatic rings. The summed E-state index contributed by atoms with van der Waals surface area (Å²) in [5.41, 5.74) is 1.16. The molecule has 0 fully saturated rings. The van der Waals surface area contributed by atoms with E-state index in [9.17, 15) is 0 Å². The van der Waals surface area contributed by atoms with Crippen LogP contribution in [0.25, 0.3) is 0 Å². The Morgan fingerprint density at radius 3 is 2.73 bits per heavy atom. The van der Waals surface area contributed by atoms with Crippen LogP contribution in [0.1, 0.15) is 19.4 Å². The normalized spacial score (nSPS) is 11.9. The van der Waals surface area contributed by atoms with Crippen molar-refractivity contribution in [2.45, 2.75) is 20.8 Å². The number of aromatic nitrogens is 1. The SMILES string of the molecule is CCN(CC(C)C#N)c1ccc(C)cn1. The van der Waals surface area contributed by atoms with Crippen LogP contribution < -0.4 is 4.90 Å². The van der Waals surface area contributed by atoms with Crippen LogP contribution in [0.4, 0.5) is 5.82 Å². The number of hydrogen-bond acceptors (Lipinski definition) is 3. The number of nitriles is 1. The summed E-state index contributed by atoms with van der Waals surface area (Å²) in [6.07, 6.45) is 1.86. The third kappa shape index (κ3) is 3.25. The van der Waals surface area contributed by atoms with Gasteiger partial charge in [0.25, 0.3) is 0 Å². The van der Waals surface area contributed by atoms with Crippen molar-refractivity contribution in [3.8, 4) is 6.07 Å². The van der Waals surface area contributed by atoms with Gasteiger partial charge in [0.05, 0.1) is 12.0 Å². The summed E-state index contributed by atoms with van der Waals surface area (Å²) >= 11 is 0. The van der Waals surface area contributed by atoms with Gasteiger partial charge in [-0.3, -0.25) is 0 Å². The number of rotatable bonds is 4. The van der Waals surface area contributed by atoms with Gasteiger partial charge in [-0.15, -0.1) is 0 Å². The minimum Gasteiger partial charge on any atom is -0.356 e.